The van der Waals surface area contributed by atoms with Gasteiger partial charge in [0.15, 0.2) is 0 Å². The van der Waals surface area contributed by atoms with E-state index >= 15 is 0 Å². The van der Waals surface area contributed by atoms with Crippen LogP contribution in [-0.2, 0) is 24.4 Å². The maximum Gasteiger partial charge on any atom is 0.246 e. The molecule has 52 heavy (non-hydrogen) atoms. The molecular formula is C45H49N3O4. The maximum atomic E-state index is 13.0. The second-order valence-corrected chi connectivity index (χ2v) is 13.8. The van der Waals surface area contributed by atoms with Crippen LogP contribution < -0.4 is 14.2 Å². The van der Waals surface area contributed by atoms with Gasteiger partial charge in [0.2, 0.25) is 11.8 Å². The van der Waals surface area contributed by atoms with Crippen molar-refractivity contribution in [1.29, 1.82) is 0 Å². The average molecular weight is 696 g/mol. The molecule has 7 nitrogen and oxygen atoms in total. The number of pyridine rings is 1. The third-order valence-electron chi connectivity index (χ3n) is 9.39. The van der Waals surface area contributed by atoms with E-state index in [0.717, 1.165) is 48.5 Å². The van der Waals surface area contributed by atoms with Crippen molar-refractivity contribution < 1.29 is 19.0 Å². The fourth-order valence-corrected chi connectivity index (χ4v) is 6.07. The zero-order valence-corrected chi connectivity index (χ0v) is 30.8. The van der Waals surface area contributed by atoms with Gasteiger partial charge in [-0.2, -0.15) is 0 Å². The summed E-state index contributed by atoms with van der Waals surface area (Å²) < 4.78 is 17.9. The summed E-state index contributed by atoms with van der Waals surface area (Å²) in [7, 11) is 0. The second kappa shape index (κ2) is 17.7. The fourth-order valence-electron chi connectivity index (χ4n) is 6.07. The predicted octanol–water partition coefficient (Wildman–Crippen LogP) is 9.17. The minimum atomic E-state index is 0.0361. The van der Waals surface area contributed by atoms with E-state index in [1.54, 1.807) is 18.3 Å². The summed E-state index contributed by atoms with van der Waals surface area (Å²) in [5, 5.41) is 0. The lowest BCUT2D eigenvalue weighted by atomic mass is 10.0. The largest absolute Gasteiger partial charge is 0.493 e. The first-order chi connectivity index (χ1) is 25.3. The Balaban J connectivity index is 0.902. The Morgan fingerprint density at radius 3 is 2.13 bits per heavy atom. The molecule has 0 radical (unpaired) electrons. The van der Waals surface area contributed by atoms with Gasteiger partial charge in [0.05, 0.1) is 12.8 Å². The molecule has 0 spiro atoms. The minimum absolute atomic E-state index is 0.0361. The Kier molecular flexibility index (Phi) is 12.4. The topological polar surface area (TPSA) is 64.1 Å². The lowest BCUT2D eigenvalue weighted by Crippen LogP contribution is -2.47. The molecule has 1 aromatic heterocycles. The molecule has 0 atom stereocenters. The van der Waals surface area contributed by atoms with E-state index in [2.05, 4.69) is 103 Å². The van der Waals surface area contributed by atoms with Gasteiger partial charge in [-0.3, -0.25) is 9.69 Å². The van der Waals surface area contributed by atoms with Crippen molar-refractivity contribution in [3.8, 4) is 23.1 Å². The fraction of sp³-hybridized carbons (Fsp3) is 0.289. The number of ether oxygens (including phenoxy) is 3. The highest BCUT2D eigenvalue weighted by atomic mass is 16.5. The normalized spacial score (nSPS) is 13.4. The van der Waals surface area contributed by atoms with Gasteiger partial charge >= 0.3 is 0 Å². The van der Waals surface area contributed by atoms with E-state index < -0.39 is 0 Å². The number of hydrogen-bond donors (Lipinski definition) is 0. The van der Waals surface area contributed by atoms with Gasteiger partial charge in [-0.25, -0.2) is 4.98 Å². The van der Waals surface area contributed by atoms with Crippen molar-refractivity contribution >= 4 is 12.0 Å². The number of hydrogen-bond acceptors (Lipinski definition) is 6. The molecule has 0 N–H and O–H groups in total. The number of piperazine rings is 1. The molecule has 1 aliphatic rings. The molecule has 268 valence electrons. The Bertz CT molecular complexity index is 1910. The molecule has 1 saturated heterocycles. The molecule has 0 bridgehead atoms. The number of rotatable bonds is 14. The van der Waals surface area contributed by atoms with E-state index in [9.17, 15) is 4.79 Å². The summed E-state index contributed by atoms with van der Waals surface area (Å²) in [5.41, 5.74) is 8.11. The summed E-state index contributed by atoms with van der Waals surface area (Å²) in [6, 6.07) is 35.0. The van der Waals surface area contributed by atoms with Crippen molar-refractivity contribution in [2.24, 2.45) is 0 Å². The first-order valence-corrected chi connectivity index (χ1v) is 18.2. The highest BCUT2D eigenvalue weighted by molar-refractivity contribution is 5.91. The van der Waals surface area contributed by atoms with Crippen LogP contribution in [0.4, 0.5) is 0 Å². The molecular weight excluding hydrogens is 647 g/mol. The third kappa shape index (κ3) is 10.6. The monoisotopic (exact) mass is 695 g/mol. The molecule has 5 aromatic rings. The van der Waals surface area contributed by atoms with Crippen LogP contribution in [0.1, 0.15) is 58.7 Å². The number of nitrogens with zero attached hydrogens (tertiary/aromatic N) is 3. The molecule has 0 unspecified atom stereocenters. The van der Waals surface area contributed by atoms with Crippen LogP contribution in [0.25, 0.3) is 6.08 Å². The van der Waals surface area contributed by atoms with Crippen LogP contribution in [0.5, 0.6) is 23.1 Å². The summed E-state index contributed by atoms with van der Waals surface area (Å²) in [5.74, 6) is 3.37. The standard InChI is InChI=1S/C45H49N3O4/c1-33(2)40-15-17-41(18-16-40)50-28-23-36-9-11-38(12-10-36)31-47-24-26-48(27-25-47)45(49)22-14-37-13-20-43(35(4)29-37)52-44-21-19-42(30-46-44)51-32-39-7-5-34(3)6-8-39/h5-22,29-30,33H,23-28,31-32H2,1-4H3/b22-14+. The Morgan fingerprint density at radius 1 is 0.769 bits per heavy atom. The molecule has 1 amide bonds. The SMILES string of the molecule is Cc1ccc(COc2ccc(Oc3ccc(/C=C/C(=O)N4CCN(Cc5ccc(CCOc6ccc(C(C)C)cc6)cc5)CC4)cc3C)nc2)cc1. The van der Waals surface area contributed by atoms with Gasteiger partial charge in [-0.05, 0) is 89.6 Å². The first kappa shape index (κ1) is 36.4. The van der Waals surface area contributed by atoms with Crippen molar-refractivity contribution in [2.75, 3.05) is 32.8 Å². The van der Waals surface area contributed by atoms with Gasteiger partial charge in [-0.15, -0.1) is 0 Å². The zero-order valence-electron chi connectivity index (χ0n) is 30.8. The Hall–Kier alpha value is -5.40. The lowest BCUT2D eigenvalue weighted by Gasteiger charge is -2.34. The Morgan fingerprint density at radius 2 is 1.46 bits per heavy atom. The van der Waals surface area contributed by atoms with Gasteiger partial charge < -0.3 is 19.1 Å². The van der Waals surface area contributed by atoms with E-state index in [1.165, 1.54) is 22.3 Å². The number of carbonyl (C=O) groups is 1. The van der Waals surface area contributed by atoms with E-state index in [-0.39, 0.29) is 5.91 Å². The molecule has 1 fully saturated rings. The summed E-state index contributed by atoms with van der Waals surface area (Å²) in [4.78, 5) is 21.8. The van der Waals surface area contributed by atoms with Gasteiger partial charge in [0.25, 0.3) is 0 Å². The highest BCUT2D eigenvalue weighted by Crippen LogP contribution is 2.26. The van der Waals surface area contributed by atoms with Crippen molar-refractivity contribution in [3.05, 3.63) is 154 Å². The number of benzene rings is 4. The quantitative estimate of drug-likeness (QED) is 0.108. The lowest BCUT2D eigenvalue weighted by molar-refractivity contribution is -0.127. The number of carbonyl (C=O) groups excluding carboxylic acids is 1. The summed E-state index contributed by atoms with van der Waals surface area (Å²) >= 11 is 0. The second-order valence-electron chi connectivity index (χ2n) is 13.8. The first-order valence-electron chi connectivity index (χ1n) is 18.2. The highest BCUT2D eigenvalue weighted by Gasteiger charge is 2.19. The predicted molar refractivity (Wildman–Crippen MR) is 208 cm³/mol. The smallest absolute Gasteiger partial charge is 0.246 e. The van der Waals surface area contributed by atoms with Gasteiger partial charge in [0.1, 0.15) is 23.9 Å². The minimum Gasteiger partial charge on any atom is -0.493 e. The summed E-state index contributed by atoms with van der Waals surface area (Å²) in [6.45, 7) is 13.6. The van der Waals surface area contributed by atoms with Crippen molar-refractivity contribution in [2.45, 2.75) is 53.2 Å². The van der Waals surface area contributed by atoms with Crippen LogP contribution in [0.15, 0.2) is 115 Å². The van der Waals surface area contributed by atoms with Crippen LogP contribution in [0.3, 0.4) is 0 Å². The van der Waals surface area contributed by atoms with Crippen LogP contribution >= 0.6 is 0 Å². The van der Waals surface area contributed by atoms with Gasteiger partial charge in [0, 0.05) is 51.3 Å². The molecule has 7 heteroatoms. The van der Waals surface area contributed by atoms with E-state index in [1.807, 2.05) is 42.2 Å². The molecule has 4 aromatic carbocycles. The third-order valence-corrected chi connectivity index (χ3v) is 9.39. The number of aromatic nitrogens is 1. The average Bonchev–Trinajstić information content (AvgIpc) is 3.16. The number of aryl methyl sites for hydroxylation is 2. The van der Waals surface area contributed by atoms with Crippen LogP contribution in [0, 0.1) is 13.8 Å². The maximum absolute atomic E-state index is 13.0. The Labute approximate surface area is 308 Å². The number of amides is 1. The van der Waals surface area contributed by atoms with Gasteiger partial charge in [-0.1, -0.05) is 86.1 Å². The molecule has 6 rings (SSSR count). The van der Waals surface area contributed by atoms with Crippen LogP contribution in [0.2, 0.25) is 0 Å². The van der Waals surface area contributed by atoms with E-state index in [0.29, 0.717) is 49.6 Å². The molecule has 1 aliphatic heterocycles. The van der Waals surface area contributed by atoms with Crippen molar-refractivity contribution in [1.82, 2.24) is 14.8 Å². The van der Waals surface area contributed by atoms with Crippen LogP contribution in [-0.4, -0.2) is 53.5 Å². The summed E-state index contributed by atoms with van der Waals surface area (Å²) in [6.07, 6.45) is 6.09. The zero-order chi connectivity index (χ0) is 36.3. The molecule has 0 saturated carbocycles. The molecule has 0 aliphatic carbocycles. The van der Waals surface area contributed by atoms with E-state index in [4.69, 9.17) is 14.2 Å². The van der Waals surface area contributed by atoms with Crippen molar-refractivity contribution in [3.63, 3.8) is 0 Å². The molecule has 2 heterocycles.